The maximum absolute atomic E-state index is 6.11. The Kier molecular flexibility index (Phi) is 4.74. The highest BCUT2D eigenvalue weighted by Crippen LogP contribution is 2.26. The summed E-state index contributed by atoms with van der Waals surface area (Å²) in [5.41, 5.74) is 7.14. The normalized spacial score (nSPS) is 12.7. The van der Waals surface area contributed by atoms with Gasteiger partial charge in [0.05, 0.1) is 0 Å². The minimum Gasteiger partial charge on any atom is -0.485 e. The van der Waals surface area contributed by atoms with Crippen molar-refractivity contribution >= 4 is 0 Å². The molecule has 108 valence electrons. The van der Waals surface area contributed by atoms with Gasteiger partial charge in [0.1, 0.15) is 18.7 Å². The molecule has 2 rings (SSSR count). The predicted octanol–water partition coefficient (Wildman–Crippen LogP) is 2.85. The number of benzene rings is 1. The van der Waals surface area contributed by atoms with Crippen LogP contribution in [0.5, 0.6) is 5.75 Å². The summed E-state index contributed by atoms with van der Waals surface area (Å²) >= 11 is 0. The molecular weight excluding hydrogens is 252 g/mol. The second kappa shape index (κ2) is 6.52. The summed E-state index contributed by atoms with van der Waals surface area (Å²) < 4.78 is 7.76. The fraction of sp³-hybridized carbons (Fsp3) is 0.467. The number of nitrogens with zero attached hydrogens (tertiary/aromatic N) is 3. The molecule has 1 aromatic carbocycles. The quantitative estimate of drug-likeness (QED) is 0.879. The Labute approximate surface area is 119 Å². The maximum atomic E-state index is 6.11. The highest BCUT2D eigenvalue weighted by molar-refractivity contribution is 5.35. The van der Waals surface area contributed by atoms with E-state index in [0.29, 0.717) is 6.61 Å². The highest BCUT2D eigenvalue weighted by Gasteiger charge is 2.12. The van der Waals surface area contributed by atoms with Crippen LogP contribution in [0.3, 0.4) is 0 Å². The van der Waals surface area contributed by atoms with Gasteiger partial charge < -0.3 is 10.5 Å². The molecule has 0 saturated carbocycles. The number of ether oxygens (including phenoxy) is 1. The molecule has 0 aliphatic carbocycles. The largest absolute Gasteiger partial charge is 0.485 e. The van der Waals surface area contributed by atoms with Crippen molar-refractivity contribution in [1.82, 2.24) is 14.8 Å². The summed E-state index contributed by atoms with van der Waals surface area (Å²) in [5.74, 6) is 1.64. The van der Waals surface area contributed by atoms with Crippen molar-refractivity contribution in [3.8, 4) is 5.75 Å². The third-order valence-corrected chi connectivity index (χ3v) is 3.25. The van der Waals surface area contributed by atoms with Crippen LogP contribution in [0.15, 0.2) is 30.6 Å². The first-order valence-electron chi connectivity index (χ1n) is 6.99. The van der Waals surface area contributed by atoms with Gasteiger partial charge in [-0.3, -0.25) is 0 Å². The summed E-state index contributed by atoms with van der Waals surface area (Å²) in [7, 11) is 0. The number of aromatic nitrogens is 3. The summed E-state index contributed by atoms with van der Waals surface area (Å²) in [6.45, 7) is 6.60. The van der Waals surface area contributed by atoms with Gasteiger partial charge in [0, 0.05) is 17.6 Å². The zero-order valence-electron chi connectivity index (χ0n) is 12.3. The molecule has 5 nitrogen and oxygen atoms in total. The second-order valence-electron chi connectivity index (χ2n) is 5.06. The summed E-state index contributed by atoms with van der Waals surface area (Å²) in [6, 6.07) is 8.15. The smallest absolute Gasteiger partial charge is 0.165 e. The third kappa shape index (κ3) is 3.17. The molecule has 5 heteroatoms. The second-order valence-corrected chi connectivity index (χ2v) is 5.06. The van der Waals surface area contributed by atoms with Gasteiger partial charge >= 0.3 is 0 Å². The van der Waals surface area contributed by atoms with Crippen LogP contribution in [0, 0.1) is 0 Å². The molecule has 0 bridgehead atoms. The van der Waals surface area contributed by atoms with E-state index in [-0.39, 0.29) is 12.1 Å². The van der Waals surface area contributed by atoms with E-state index in [1.807, 2.05) is 28.9 Å². The number of rotatable bonds is 6. The van der Waals surface area contributed by atoms with Gasteiger partial charge in [-0.2, -0.15) is 5.10 Å². The SMILES string of the molecule is CCC(N)c1ccccc1OCc1ncnn1C(C)C. The minimum atomic E-state index is -0.00540. The van der Waals surface area contributed by atoms with E-state index in [0.717, 1.165) is 23.6 Å². The zero-order valence-corrected chi connectivity index (χ0v) is 12.3. The molecule has 1 aromatic heterocycles. The fourth-order valence-electron chi connectivity index (χ4n) is 2.09. The van der Waals surface area contributed by atoms with E-state index in [4.69, 9.17) is 10.5 Å². The van der Waals surface area contributed by atoms with E-state index in [1.54, 1.807) is 6.33 Å². The average molecular weight is 274 g/mol. The molecule has 1 heterocycles. The van der Waals surface area contributed by atoms with Gasteiger partial charge in [0.2, 0.25) is 0 Å². The topological polar surface area (TPSA) is 66.0 Å². The molecule has 0 saturated heterocycles. The molecule has 0 fully saturated rings. The zero-order chi connectivity index (χ0) is 14.5. The first kappa shape index (κ1) is 14.5. The molecule has 0 amide bonds. The summed E-state index contributed by atoms with van der Waals surface area (Å²) in [5, 5.41) is 4.20. The van der Waals surface area contributed by atoms with Crippen LogP contribution in [0.4, 0.5) is 0 Å². The van der Waals surface area contributed by atoms with Gasteiger partial charge in [-0.05, 0) is 26.3 Å². The van der Waals surface area contributed by atoms with Crippen molar-refractivity contribution in [2.75, 3.05) is 0 Å². The Hall–Kier alpha value is -1.88. The van der Waals surface area contributed by atoms with Crippen molar-refractivity contribution in [2.45, 2.75) is 45.9 Å². The molecule has 0 radical (unpaired) electrons. The Bertz CT molecular complexity index is 550. The molecule has 1 unspecified atom stereocenters. The summed E-state index contributed by atoms with van der Waals surface area (Å²) in [6.07, 6.45) is 2.44. The van der Waals surface area contributed by atoms with Gasteiger partial charge in [-0.1, -0.05) is 25.1 Å². The Balaban J connectivity index is 2.13. The van der Waals surface area contributed by atoms with Crippen LogP contribution in [0.25, 0.3) is 0 Å². The monoisotopic (exact) mass is 274 g/mol. The standard InChI is InChI=1S/C15H22N4O/c1-4-13(16)12-7-5-6-8-14(12)20-9-15-17-10-18-19(15)11(2)3/h5-8,10-11,13H,4,9,16H2,1-3H3. The molecule has 0 spiro atoms. The molecule has 0 aliphatic heterocycles. The molecule has 2 N–H and O–H groups in total. The van der Waals surface area contributed by atoms with Gasteiger partial charge in [-0.25, -0.2) is 9.67 Å². The van der Waals surface area contributed by atoms with Gasteiger partial charge in [0.25, 0.3) is 0 Å². The number of nitrogens with two attached hydrogens (primary N) is 1. The van der Waals surface area contributed by atoms with E-state index in [1.165, 1.54) is 0 Å². The number of hydrogen-bond acceptors (Lipinski definition) is 4. The lowest BCUT2D eigenvalue weighted by Crippen LogP contribution is -2.13. The van der Waals surface area contributed by atoms with Crippen molar-refractivity contribution in [3.05, 3.63) is 42.0 Å². The van der Waals surface area contributed by atoms with E-state index >= 15 is 0 Å². The van der Waals surface area contributed by atoms with Crippen LogP contribution < -0.4 is 10.5 Å². The van der Waals surface area contributed by atoms with E-state index in [9.17, 15) is 0 Å². The third-order valence-electron chi connectivity index (χ3n) is 3.25. The predicted molar refractivity (Wildman–Crippen MR) is 78.4 cm³/mol. The van der Waals surface area contributed by atoms with Crippen LogP contribution in [0.2, 0.25) is 0 Å². The van der Waals surface area contributed by atoms with Crippen LogP contribution in [-0.2, 0) is 6.61 Å². The Morgan fingerprint density at radius 2 is 2.05 bits per heavy atom. The van der Waals surface area contributed by atoms with Crippen molar-refractivity contribution < 1.29 is 4.74 Å². The lowest BCUT2D eigenvalue weighted by atomic mass is 10.0. The number of hydrogen-bond donors (Lipinski definition) is 1. The lowest BCUT2D eigenvalue weighted by Gasteiger charge is -2.16. The van der Waals surface area contributed by atoms with Gasteiger partial charge in [0.15, 0.2) is 5.82 Å². The fourth-order valence-corrected chi connectivity index (χ4v) is 2.09. The first-order valence-corrected chi connectivity index (χ1v) is 6.99. The molecule has 2 aromatic rings. The van der Waals surface area contributed by atoms with Crippen LogP contribution in [-0.4, -0.2) is 14.8 Å². The van der Waals surface area contributed by atoms with Crippen molar-refractivity contribution in [3.63, 3.8) is 0 Å². The lowest BCUT2D eigenvalue weighted by molar-refractivity contribution is 0.278. The van der Waals surface area contributed by atoms with Crippen LogP contribution in [0.1, 0.15) is 50.7 Å². The van der Waals surface area contributed by atoms with Crippen molar-refractivity contribution in [1.29, 1.82) is 0 Å². The summed E-state index contributed by atoms with van der Waals surface area (Å²) in [4.78, 5) is 4.24. The molecule has 20 heavy (non-hydrogen) atoms. The minimum absolute atomic E-state index is 0.00540. The molecular formula is C15H22N4O. The Morgan fingerprint density at radius 3 is 2.75 bits per heavy atom. The molecule has 0 aliphatic rings. The maximum Gasteiger partial charge on any atom is 0.165 e. The molecule has 1 atom stereocenters. The van der Waals surface area contributed by atoms with Crippen molar-refractivity contribution in [2.24, 2.45) is 5.73 Å². The van der Waals surface area contributed by atoms with Crippen LogP contribution >= 0.6 is 0 Å². The highest BCUT2D eigenvalue weighted by atomic mass is 16.5. The van der Waals surface area contributed by atoms with E-state index < -0.39 is 0 Å². The average Bonchev–Trinajstić information content (AvgIpc) is 2.93. The first-order chi connectivity index (χ1) is 9.63. The van der Waals surface area contributed by atoms with Gasteiger partial charge in [-0.15, -0.1) is 0 Å². The number of para-hydroxylation sites is 1. The Morgan fingerprint density at radius 1 is 1.30 bits per heavy atom. The van der Waals surface area contributed by atoms with E-state index in [2.05, 4.69) is 30.9 Å².